The number of hydrogen-bond acceptors (Lipinski definition) is 4. The normalized spacial score (nSPS) is 11.2. The van der Waals surface area contributed by atoms with Crippen molar-refractivity contribution in [2.24, 2.45) is 0 Å². The predicted molar refractivity (Wildman–Crippen MR) is 85.8 cm³/mol. The average molecular weight is 322 g/mol. The second-order valence-corrected chi connectivity index (χ2v) is 5.10. The van der Waals surface area contributed by atoms with E-state index in [4.69, 9.17) is 0 Å². The van der Waals surface area contributed by atoms with Crippen LogP contribution in [0, 0.1) is 0 Å². The van der Waals surface area contributed by atoms with Gasteiger partial charge in [-0.2, -0.15) is 0 Å². The highest BCUT2D eigenvalue weighted by molar-refractivity contribution is 5.32. The molecule has 2 heterocycles. The van der Waals surface area contributed by atoms with Crippen molar-refractivity contribution in [3.05, 3.63) is 103 Å². The molecule has 0 saturated heterocycles. The van der Waals surface area contributed by atoms with Gasteiger partial charge in [-0.1, -0.05) is 36.4 Å². The van der Waals surface area contributed by atoms with Crippen molar-refractivity contribution in [1.29, 1.82) is 0 Å². The van der Waals surface area contributed by atoms with Crippen molar-refractivity contribution in [3.63, 3.8) is 0 Å². The summed E-state index contributed by atoms with van der Waals surface area (Å²) < 4.78 is 2.67. The molecule has 4 aromatic rings. The van der Waals surface area contributed by atoms with Crippen LogP contribution in [0.1, 0.15) is 0 Å². The number of nitrogens with zero attached hydrogens (tertiary/aromatic N) is 4. The van der Waals surface area contributed by atoms with Crippen molar-refractivity contribution in [1.82, 2.24) is 18.2 Å². The Balaban J connectivity index is 2.15. The molecule has 0 atom stereocenters. The minimum absolute atomic E-state index is 0.286. The van der Waals surface area contributed by atoms with Crippen molar-refractivity contribution in [3.8, 4) is 11.4 Å². The summed E-state index contributed by atoms with van der Waals surface area (Å²) in [5.41, 5.74) is -2.97. The lowest BCUT2D eigenvalue weighted by Gasteiger charge is -1.98. The molecule has 0 aliphatic rings. The maximum absolute atomic E-state index is 12.5. The van der Waals surface area contributed by atoms with Gasteiger partial charge in [0.15, 0.2) is 0 Å². The number of hydrogen-bond donors (Lipinski definition) is 0. The quantitative estimate of drug-likeness (QED) is 0.498. The van der Waals surface area contributed by atoms with E-state index < -0.39 is 22.8 Å². The van der Waals surface area contributed by atoms with E-state index in [-0.39, 0.29) is 11.4 Å². The van der Waals surface area contributed by atoms with E-state index in [1.54, 1.807) is 60.7 Å². The lowest BCUT2D eigenvalue weighted by molar-refractivity contribution is 0.768. The fraction of sp³-hybridized carbons (Fsp3) is 0. The van der Waals surface area contributed by atoms with Crippen molar-refractivity contribution in [2.75, 3.05) is 0 Å². The number of benzene rings is 2. The summed E-state index contributed by atoms with van der Waals surface area (Å²) in [5.74, 6) is 0. The van der Waals surface area contributed by atoms with Crippen LogP contribution in [-0.4, -0.2) is 18.2 Å². The SMILES string of the molecule is O=c1n(-c2ccccc2)c(=O)n2c(=O)n(-c3ccccc3)c(=O)n12. The molecule has 0 aliphatic carbocycles. The van der Waals surface area contributed by atoms with Crippen LogP contribution in [0.3, 0.4) is 0 Å². The third-order valence-electron chi connectivity index (χ3n) is 3.72. The molecule has 0 bridgehead atoms. The summed E-state index contributed by atoms with van der Waals surface area (Å²) in [7, 11) is 0. The number of para-hydroxylation sites is 2. The van der Waals surface area contributed by atoms with Gasteiger partial charge in [-0.05, 0) is 24.3 Å². The standard InChI is InChI=1S/C16H10N4O4/c21-13-17(11-7-3-1-4-8-11)14(22)20-16(24)18(15(23)19(13)20)12-9-5-2-6-10-12/h1-10H. The molecule has 8 heteroatoms. The Morgan fingerprint density at radius 1 is 0.458 bits per heavy atom. The van der Waals surface area contributed by atoms with Gasteiger partial charge in [-0.3, -0.25) is 0 Å². The summed E-state index contributed by atoms with van der Waals surface area (Å²) in [4.78, 5) is 50.1. The fourth-order valence-electron chi connectivity index (χ4n) is 2.64. The second-order valence-electron chi connectivity index (χ2n) is 5.10. The molecule has 0 saturated carbocycles. The van der Waals surface area contributed by atoms with Gasteiger partial charge in [0, 0.05) is 0 Å². The van der Waals surface area contributed by atoms with Crippen molar-refractivity contribution >= 4 is 0 Å². The first-order chi connectivity index (χ1) is 11.6. The van der Waals surface area contributed by atoms with Crippen LogP contribution in [-0.2, 0) is 0 Å². The average Bonchev–Trinajstić information content (AvgIpc) is 3.02. The summed E-state index contributed by atoms with van der Waals surface area (Å²) in [6.07, 6.45) is 0. The van der Waals surface area contributed by atoms with Crippen LogP contribution < -0.4 is 22.8 Å². The van der Waals surface area contributed by atoms with Gasteiger partial charge in [0.05, 0.1) is 11.4 Å². The predicted octanol–water partition coefficient (Wildman–Crippen LogP) is -0.501. The minimum atomic E-state index is -0.886. The molecule has 118 valence electrons. The zero-order valence-electron chi connectivity index (χ0n) is 12.2. The van der Waals surface area contributed by atoms with Crippen molar-refractivity contribution < 1.29 is 0 Å². The molecule has 2 aromatic carbocycles. The molecule has 0 spiro atoms. The van der Waals surface area contributed by atoms with Gasteiger partial charge in [0.25, 0.3) is 0 Å². The molecule has 0 N–H and O–H groups in total. The highest BCUT2D eigenvalue weighted by Crippen LogP contribution is 2.02. The molecule has 0 amide bonds. The highest BCUT2D eigenvalue weighted by Gasteiger charge is 2.22. The Labute approximate surface area is 133 Å². The molecule has 0 radical (unpaired) electrons. The molecule has 0 fully saturated rings. The van der Waals surface area contributed by atoms with E-state index in [0.29, 0.717) is 9.03 Å². The first kappa shape index (κ1) is 13.9. The van der Waals surface area contributed by atoms with Gasteiger partial charge in [0.1, 0.15) is 0 Å². The number of fused-ring (bicyclic) bond motifs is 1. The van der Waals surface area contributed by atoms with Crippen LogP contribution in [0.4, 0.5) is 0 Å². The Morgan fingerprint density at radius 3 is 1.04 bits per heavy atom. The summed E-state index contributed by atoms with van der Waals surface area (Å²) in [5, 5.41) is 0. The molecule has 8 nitrogen and oxygen atoms in total. The van der Waals surface area contributed by atoms with Crippen molar-refractivity contribution in [2.45, 2.75) is 0 Å². The first-order valence-corrected chi connectivity index (χ1v) is 7.07. The fourth-order valence-corrected chi connectivity index (χ4v) is 2.64. The summed E-state index contributed by atoms with van der Waals surface area (Å²) in [6, 6.07) is 16.2. The smallest absolute Gasteiger partial charge is 0.245 e. The highest BCUT2D eigenvalue weighted by atomic mass is 16.2. The van der Waals surface area contributed by atoms with Gasteiger partial charge in [-0.15, -0.1) is 9.03 Å². The van der Waals surface area contributed by atoms with Gasteiger partial charge in [-0.25, -0.2) is 28.3 Å². The zero-order chi connectivity index (χ0) is 16.8. The maximum Gasteiger partial charge on any atom is 0.361 e. The molecular weight excluding hydrogens is 312 g/mol. The molecule has 0 aliphatic heterocycles. The first-order valence-electron chi connectivity index (χ1n) is 7.07. The Kier molecular flexibility index (Phi) is 2.86. The summed E-state index contributed by atoms with van der Waals surface area (Å²) >= 11 is 0. The third-order valence-corrected chi connectivity index (χ3v) is 3.72. The third kappa shape index (κ3) is 1.73. The largest absolute Gasteiger partial charge is 0.361 e. The molecular formula is C16H10N4O4. The Hall–Kier alpha value is -3.68. The van der Waals surface area contributed by atoms with Gasteiger partial charge >= 0.3 is 22.8 Å². The van der Waals surface area contributed by atoms with Crippen LogP contribution in [0.2, 0.25) is 0 Å². The minimum Gasteiger partial charge on any atom is -0.245 e. The van der Waals surface area contributed by atoms with Crippen LogP contribution >= 0.6 is 0 Å². The lowest BCUT2D eigenvalue weighted by atomic mass is 10.3. The van der Waals surface area contributed by atoms with E-state index in [2.05, 4.69) is 0 Å². The molecule has 4 rings (SSSR count). The summed E-state index contributed by atoms with van der Waals surface area (Å²) in [6.45, 7) is 0. The van der Waals surface area contributed by atoms with E-state index in [1.807, 2.05) is 0 Å². The van der Waals surface area contributed by atoms with E-state index in [1.165, 1.54) is 0 Å². The number of aromatic nitrogens is 4. The van der Waals surface area contributed by atoms with Gasteiger partial charge in [0.2, 0.25) is 0 Å². The maximum atomic E-state index is 12.5. The molecule has 2 aromatic heterocycles. The van der Waals surface area contributed by atoms with E-state index >= 15 is 0 Å². The number of rotatable bonds is 2. The van der Waals surface area contributed by atoms with Gasteiger partial charge < -0.3 is 0 Å². The van der Waals surface area contributed by atoms with E-state index in [0.717, 1.165) is 9.13 Å². The van der Waals surface area contributed by atoms with Crippen LogP contribution in [0.15, 0.2) is 79.8 Å². The zero-order valence-corrected chi connectivity index (χ0v) is 12.2. The Morgan fingerprint density at radius 2 is 0.750 bits per heavy atom. The second kappa shape index (κ2) is 4.92. The molecule has 24 heavy (non-hydrogen) atoms. The van der Waals surface area contributed by atoms with Crippen LogP contribution in [0.5, 0.6) is 0 Å². The molecule has 0 unspecified atom stereocenters. The Bertz CT molecular complexity index is 1110. The topological polar surface area (TPSA) is 87.0 Å². The van der Waals surface area contributed by atoms with Crippen LogP contribution in [0.25, 0.3) is 11.4 Å². The monoisotopic (exact) mass is 322 g/mol. The van der Waals surface area contributed by atoms with E-state index in [9.17, 15) is 19.2 Å². The lowest BCUT2D eigenvalue weighted by Crippen LogP contribution is -2.35.